The number of hydrogen-bond donors (Lipinski definition) is 1. The molecule has 0 atom stereocenters. The van der Waals surface area contributed by atoms with Gasteiger partial charge < -0.3 is 9.64 Å². The molecule has 0 spiro atoms. The van der Waals surface area contributed by atoms with Gasteiger partial charge in [0.05, 0.1) is 7.11 Å². The number of benzene rings is 1. The third kappa shape index (κ3) is 3.67. The molecule has 18 heavy (non-hydrogen) atoms. The van der Waals surface area contributed by atoms with Crippen LogP contribution in [0.5, 0.6) is 5.75 Å². The lowest BCUT2D eigenvalue weighted by atomic mass is 9.85. The predicted octanol–water partition coefficient (Wildman–Crippen LogP) is 3.47. The summed E-state index contributed by atoms with van der Waals surface area (Å²) in [6.45, 7) is 6.97. The van der Waals surface area contributed by atoms with Crippen LogP contribution < -0.4 is 4.74 Å². The quantitative estimate of drug-likeness (QED) is 0.850. The maximum absolute atomic E-state index is 11.1. The molecule has 1 aromatic carbocycles. The predicted molar refractivity (Wildman–Crippen MR) is 77.5 cm³/mol. The van der Waals surface area contributed by atoms with Crippen LogP contribution in [0, 0.1) is 0 Å². The van der Waals surface area contributed by atoms with Gasteiger partial charge in [-0.1, -0.05) is 39.5 Å². The topological polar surface area (TPSA) is 29.5 Å². The molecule has 0 heterocycles. The first-order chi connectivity index (χ1) is 8.25. The minimum atomic E-state index is -0.233. The van der Waals surface area contributed by atoms with Crippen molar-refractivity contribution >= 4 is 17.9 Å². The maximum Gasteiger partial charge on any atom is 0.278 e. The van der Waals surface area contributed by atoms with Crippen LogP contribution in [-0.2, 0) is 12.0 Å². The van der Waals surface area contributed by atoms with Gasteiger partial charge in [0, 0.05) is 13.6 Å². The molecule has 0 saturated carbocycles. The first-order valence-corrected chi connectivity index (χ1v) is 6.32. The van der Waals surface area contributed by atoms with Gasteiger partial charge in [0.25, 0.3) is 5.24 Å². The number of carbonyl (C=O) groups is 1. The molecule has 3 nitrogen and oxygen atoms in total. The molecule has 0 saturated heterocycles. The molecule has 0 aliphatic carbocycles. The van der Waals surface area contributed by atoms with E-state index in [4.69, 9.17) is 4.74 Å². The van der Waals surface area contributed by atoms with Crippen LogP contribution in [0.1, 0.15) is 31.9 Å². The van der Waals surface area contributed by atoms with E-state index in [1.165, 1.54) is 0 Å². The second-order valence-electron chi connectivity index (χ2n) is 5.42. The zero-order chi connectivity index (χ0) is 13.9. The Hall–Kier alpha value is -1.16. The highest BCUT2D eigenvalue weighted by Crippen LogP contribution is 2.32. The van der Waals surface area contributed by atoms with Gasteiger partial charge >= 0.3 is 0 Å². The molecule has 100 valence electrons. The van der Waals surface area contributed by atoms with Crippen molar-refractivity contribution in [3.63, 3.8) is 0 Å². The summed E-state index contributed by atoms with van der Waals surface area (Å²) in [6.07, 6.45) is 0. The minimum Gasteiger partial charge on any atom is -0.496 e. The van der Waals surface area contributed by atoms with Gasteiger partial charge in [-0.25, -0.2) is 0 Å². The minimum absolute atomic E-state index is 0.00486. The fourth-order valence-corrected chi connectivity index (χ4v) is 1.85. The van der Waals surface area contributed by atoms with E-state index in [1.54, 1.807) is 19.1 Å². The Morgan fingerprint density at radius 1 is 1.39 bits per heavy atom. The lowest BCUT2D eigenvalue weighted by Crippen LogP contribution is -2.21. The lowest BCUT2D eigenvalue weighted by molar-refractivity contribution is 0.232. The molecule has 0 aromatic heterocycles. The summed E-state index contributed by atoms with van der Waals surface area (Å²) in [5.74, 6) is 0.881. The first-order valence-electron chi connectivity index (χ1n) is 5.87. The Labute approximate surface area is 115 Å². The number of hydrogen-bond acceptors (Lipinski definition) is 2. The number of rotatable bonds is 3. The fraction of sp³-hybridized carbons (Fsp3) is 0.500. The van der Waals surface area contributed by atoms with Crippen molar-refractivity contribution in [1.29, 1.82) is 0 Å². The Kier molecular flexibility index (Phi) is 4.68. The van der Waals surface area contributed by atoms with Crippen LogP contribution in [-0.4, -0.2) is 24.3 Å². The highest BCUT2D eigenvalue weighted by atomic mass is 32.1. The second kappa shape index (κ2) is 5.65. The largest absolute Gasteiger partial charge is 0.496 e. The smallest absolute Gasteiger partial charge is 0.278 e. The Morgan fingerprint density at radius 2 is 2.00 bits per heavy atom. The van der Waals surface area contributed by atoms with Crippen LogP contribution in [0.25, 0.3) is 0 Å². The second-order valence-corrected chi connectivity index (χ2v) is 5.81. The number of ether oxygens (including phenoxy) is 1. The van der Waals surface area contributed by atoms with Crippen molar-refractivity contribution < 1.29 is 9.53 Å². The summed E-state index contributed by atoms with van der Waals surface area (Å²) < 4.78 is 5.38. The van der Waals surface area contributed by atoms with E-state index >= 15 is 0 Å². The molecule has 1 rings (SSSR count). The van der Waals surface area contributed by atoms with Crippen molar-refractivity contribution in [3.05, 3.63) is 29.3 Å². The average Bonchev–Trinajstić information content (AvgIpc) is 2.27. The van der Waals surface area contributed by atoms with Gasteiger partial charge in [-0.3, -0.25) is 4.79 Å². The van der Waals surface area contributed by atoms with Crippen LogP contribution in [0.15, 0.2) is 18.2 Å². The molecular formula is C14H21NO2S. The van der Waals surface area contributed by atoms with Gasteiger partial charge in [0.15, 0.2) is 0 Å². The van der Waals surface area contributed by atoms with Crippen molar-refractivity contribution in [2.24, 2.45) is 0 Å². The zero-order valence-corrected chi connectivity index (χ0v) is 12.5. The van der Waals surface area contributed by atoms with E-state index in [2.05, 4.69) is 39.5 Å². The van der Waals surface area contributed by atoms with Gasteiger partial charge in [-0.2, -0.15) is 0 Å². The van der Waals surface area contributed by atoms with Crippen molar-refractivity contribution in [2.45, 2.75) is 32.7 Å². The monoisotopic (exact) mass is 267 g/mol. The van der Waals surface area contributed by atoms with E-state index in [-0.39, 0.29) is 10.7 Å². The van der Waals surface area contributed by atoms with Crippen molar-refractivity contribution in [3.8, 4) is 5.75 Å². The van der Waals surface area contributed by atoms with Crippen molar-refractivity contribution in [2.75, 3.05) is 14.2 Å². The normalized spacial score (nSPS) is 11.2. The van der Waals surface area contributed by atoms with Crippen LogP contribution in [0.4, 0.5) is 4.79 Å². The van der Waals surface area contributed by atoms with Crippen LogP contribution in [0.3, 0.4) is 0 Å². The summed E-state index contributed by atoms with van der Waals surface area (Å²) >= 11 is 3.81. The Bertz CT molecular complexity index is 438. The average molecular weight is 267 g/mol. The SMILES string of the molecule is COc1ccc(CN(C)C(=O)S)cc1C(C)(C)C. The molecular weight excluding hydrogens is 246 g/mol. The van der Waals surface area contributed by atoms with E-state index in [0.717, 1.165) is 16.9 Å². The maximum atomic E-state index is 11.1. The third-order valence-electron chi connectivity index (χ3n) is 2.82. The Morgan fingerprint density at radius 3 is 2.44 bits per heavy atom. The number of thiol groups is 1. The number of methoxy groups -OCH3 is 1. The standard InChI is InChI=1S/C14H21NO2S/c1-14(2,3)11-8-10(6-7-12(11)17-5)9-15(4)13(16)18/h6-8H,9H2,1-5H3,(H,16,18). The molecule has 0 aliphatic rings. The molecule has 0 N–H and O–H groups in total. The molecule has 0 fully saturated rings. The molecule has 4 heteroatoms. The Balaban J connectivity index is 3.07. The van der Waals surface area contributed by atoms with E-state index in [0.29, 0.717) is 6.54 Å². The lowest BCUT2D eigenvalue weighted by Gasteiger charge is -2.24. The first kappa shape index (κ1) is 14.9. The van der Waals surface area contributed by atoms with E-state index < -0.39 is 0 Å². The van der Waals surface area contributed by atoms with Crippen LogP contribution >= 0.6 is 12.6 Å². The molecule has 1 amide bonds. The van der Waals surface area contributed by atoms with E-state index in [1.807, 2.05) is 12.1 Å². The van der Waals surface area contributed by atoms with Gasteiger partial charge in [-0.05, 0) is 28.7 Å². The zero-order valence-electron chi connectivity index (χ0n) is 11.7. The molecule has 0 bridgehead atoms. The van der Waals surface area contributed by atoms with Gasteiger partial charge in [-0.15, -0.1) is 0 Å². The van der Waals surface area contributed by atoms with E-state index in [9.17, 15) is 4.79 Å². The molecule has 0 unspecified atom stereocenters. The van der Waals surface area contributed by atoms with Crippen molar-refractivity contribution in [1.82, 2.24) is 4.90 Å². The summed E-state index contributed by atoms with van der Waals surface area (Å²) in [6, 6.07) is 6.01. The summed E-state index contributed by atoms with van der Waals surface area (Å²) in [5, 5.41) is -0.233. The van der Waals surface area contributed by atoms with Crippen LogP contribution in [0.2, 0.25) is 0 Å². The summed E-state index contributed by atoms with van der Waals surface area (Å²) in [7, 11) is 3.41. The molecule has 1 aromatic rings. The molecule has 0 aliphatic heterocycles. The van der Waals surface area contributed by atoms with Gasteiger partial charge in [0.2, 0.25) is 0 Å². The number of amides is 1. The molecule has 0 radical (unpaired) electrons. The summed E-state index contributed by atoms with van der Waals surface area (Å²) in [5.41, 5.74) is 2.22. The highest BCUT2D eigenvalue weighted by Gasteiger charge is 2.19. The third-order valence-corrected chi connectivity index (χ3v) is 3.16. The fourth-order valence-electron chi connectivity index (χ4n) is 1.78. The number of carbonyl (C=O) groups excluding carboxylic acids is 1. The van der Waals surface area contributed by atoms with Gasteiger partial charge in [0.1, 0.15) is 5.75 Å². The summed E-state index contributed by atoms with van der Waals surface area (Å²) in [4.78, 5) is 12.7. The highest BCUT2D eigenvalue weighted by molar-refractivity contribution is 7.96. The number of nitrogens with zero attached hydrogens (tertiary/aromatic N) is 1.